The van der Waals surface area contributed by atoms with Crippen LogP contribution in [0.25, 0.3) is 0 Å². The number of amides is 1. The molecule has 0 aliphatic carbocycles. The van der Waals surface area contributed by atoms with Crippen LogP contribution >= 0.6 is 11.6 Å². The lowest BCUT2D eigenvalue weighted by atomic mass is 9.95. The molecule has 1 aliphatic heterocycles. The lowest BCUT2D eigenvalue weighted by Gasteiger charge is -2.31. The van der Waals surface area contributed by atoms with E-state index in [9.17, 15) is 9.59 Å². The molecule has 1 aliphatic rings. The summed E-state index contributed by atoms with van der Waals surface area (Å²) in [6.07, 6.45) is 1.61. The van der Waals surface area contributed by atoms with Crippen molar-refractivity contribution >= 4 is 29.2 Å². The zero-order valence-corrected chi connectivity index (χ0v) is 15.1. The van der Waals surface area contributed by atoms with E-state index < -0.39 is 5.97 Å². The molecule has 2 N–H and O–H groups in total. The fraction of sp³-hybridized carbons (Fsp3) is 0.300. The van der Waals surface area contributed by atoms with Gasteiger partial charge in [-0.25, -0.2) is 4.79 Å². The number of hydrogen-bond donors (Lipinski definition) is 2. The van der Waals surface area contributed by atoms with Crippen LogP contribution in [0, 0.1) is 5.92 Å². The van der Waals surface area contributed by atoms with Gasteiger partial charge in [0.1, 0.15) is 0 Å². The Morgan fingerprint density at radius 1 is 1.12 bits per heavy atom. The van der Waals surface area contributed by atoms with Gasteiger partial charge in [-0.05, 0) is 67.9 Å². The average Bonchev–Trinajstić information content (AvgIpc) is 2.63. The van der Waals surface area contributed by atoms with Gasteiger partial charge in [0.2, 0.25) is 5.91 Å². The Labute approximate surface area is 157 Å². The van der Waals surface area contributed by atoms with Gasteiger partial charge in [0.05, 0.1) is 5.56 Å². The van der Waals surface area contributed by atoms with Gasteiger partial charge < -0.3 is 10.4 Å². The second-order valence-corrected chi connectivity index (χ2v) is 6.99. The van der Waals surface area contributed by atoms with Crippen LogP contribution in [0.2, 0.25) is 5.02 Å². The van der Waals surface area contributed by atoms with Gasteiger partial charge in [-0.3, -0.25) is 9.69 Å². The lowest BCUT2D eigenvalue weighted by molar-refractivity contribution is -0.121. The van der Waals surface area contributed by atoms with E-state index in [0.29, 0.717) is 5.69 Å². The van der Waals surface area contributed by atoms with E-state index in [4.69, 9.17) is 16.7 Å². The minimum absolute atomic E-state index is 0.00418. The van der Waals surface area contributed by atoms with Crippen LogP contribution in [0.5, 0.6) is 0 Å². The minimum Gasteiger partial charge on any atom is -0.478 e. The van der Waals surface area contributed by atoms with E-state index in [1.54, 1.807) is 12.1 Å². The molecule has 0 aromatic heterocycles. The van der Waals surface area contributed by atoms with Crippen molar-refractivity contribution in [2.45, 2.75) is 19.4 Å². The number of carbonyl (C=O) groups excluding carboxylic acids is 1. The van der Waals surface area contributed by atoms with E-state index in [1.807, 2.05) is 18.2 Å². The van der Waals surface area contributed by atoms with Crippen molar-refractivity contribution in [1.82, 2.24) is 4.90 Å². The third-order valence-corrected chi connectivity index (χ3v) is 4.89. The number of carboxylic acids is 1. The predicted octanol–water partition coefficient (Wildman–Crippen LogP) is 3.89. The van der Waals surface area contributed by atoms with Crippen LogP contribution in [0.3, 0.4) is 0 Å². The molecule has 0 spiro atoms. The summed E-state index contributed by atoms with van der Waals surface area (Å²) in [6.45, 7) is 2.57. The fourth-order valence-corrected chi connectivity index (χ4v) is 3.40. The van der Waals surface area contributed by atoms with E-state index >= 15 is 0 Å². The summed E-state index contributed by atoms with van der Waals surface area (Å²) in [4.78, 5) is 25.6. The first kappa shape index (κ1) is 18.4. The minimum atomic E-state index is -0.977. The van der Waals surface area contributed by atoms with E-state index in [1.165, 1.54) is 17.7 Å². The number of piperidine rings is 1. The van der Waals surface area contributed by atoms with Gasteiger partial charge in [0, 0.05) is 23.2 Å². The third kappa shape index (κ3) is 4.84. The van der Waals surface area contributed by atoms with Crippen LogP contribution in [0.1, 0.15) is 28.8 Å². The van der Waals surface area contributed by atoms with Gasteiger partial charge in [0.25, 0.3) is 0 Å². The standard InChI is InChI=1S/C20H21ClN2O3/c21-17-3-1-2-14(12-17)13-23-10-8-15(9-11-23)19(24)22-18-6-4-16(5-7-18)20(25)26/h1-7,12,15H,8-11,13H2,(H,22,24)(H,25,26). The number of rotatable bonds is 5. The molecule has 0 radical (unpaired) electrons. The van der Waals surface area contributed by atoms with Gasteiger partial charge in [-0.2, -0.15) is 0 Å². The highest BCUT2D eigenvalue weighted by molar-refractivity contribution is 6.30. The Morgan fingerprint density at radius 3 is 2.42 bits per heavy atom. The number of carboxylic acid groups (broad SMARTS) is 1. The zero-order chi connectivity index (χ0) is 18.5. The molecule has 5 nitrogen and oxygen atoms in total. The molecule has 26 heavy (non-hydrogen) atoms. The Hall–Kier alpha value is -2.37. The van der Waals surface area contributed by atoms with E-state index in [-0.39, 0.29) is 17.4 Å². The first-order valence-corrected chi connectivity index (χ1v) is 9.00. The topological polar surface area (TPSA) is 69.6 Å². The maximum Gasteiger partial charge on any atom is 0.335 e. The Bertz CT molecular complexity index is 784. The van der Waals surface area contributed by atoms with Crippen LogP contribution in [0.4, 0.5) is 5.69 Å². The summed E-state index contributed by atoms with van der Waals surface area (Å²) in [5, 5.41) is 12.5. The first-order valence-electron chi connectivity index (χ1n) is 8.62. The molecule has 1 fully saturated rings. The normalized spacial score (nSPS) is 15.6. The van der Waals surface area contributed by atoms with E-state index in [0.717, 1.165) is 37.5 Å². The molecule has 1 saturated heterocycles. The molecule has 1 amide bonds. The van der Waals surface area contributed by atoms with Crippen molar-refractivity contribution in [3.05, 3.63) is 64.7 Å². The highest BCUT2D eigenvalue weighted by Crippen LogP contribution is 2.22. The number of aromatic carboxylic acids is 1. The van der Waals surface area contributed by atoms with Crippen molar-refractivity contribution in [1.29, 1.82) is 0 Å². The van der Waals surface area contributed by atoms with Crippen molar-refractivity contribution < 1.29 is 14.7 Å². The molecule has 2 aromatic rings. The van der Waals surface area contributed by atoms with Crippen LogP contribution < -0.4 is 5.32 Å². The Morgan fingerprint density at radius 2 is 1.81 bits per heavy atom. The van der Waals surface area contributed by atoms with Crippen LogP contribution in [-0.2, 0) is 11.3 Å². The molecule has 1 heterocycles. The van der Waals surface area contributed by atoms with Crippen LogP contribution in [0.15, 0.2) is 48.5 Å². The van der Waals surface area contributed by atoms with Gasteiger partial charge in [0.15, 0.2) is 0 Å². The Kier molecular flexibility index (Phi) is 5.91. The smallest absolute Gasteiger partial charge is 0.335 e. The van der Waals surface area contributed by atoms with Crippen molar-refractivity contribution in [3.8, 4) is 0 Å². The molecular weight excluding hydrogens is 352 g/mol. The summed E-state index contributed by atoms with van der Waals surface area (Å²) in [6, 6.07) is 14.1. The SMILES string of the molecule is O=C(O)c1ccc(NC(=O)C2CCN(Cc3cccc(Cl)c3)CC2)cc1. The highest BCUT2D eigenvalue weighted by Gasteiger charge is 2.25. The van der Waals surface area contributed by atoms with Gasteiger partial charge >= 0.3 is 5.97 Å². The third-order valence-electron chi connectivity index (χ3n) is 4.65. The number of hydrogen-bond acceptors (Lipinski definition) is 3. The molecule has 2 aromatic carbocycles. The molecule has 0 unspecified atom stereocenters. The first-order chi connectivity index (χ1) is 12.5. The number of likely N-dealkylation sites (tertiary alicyclic amines) is 1. The molecule has 0 saturated carbocycles. The second-order valence-electron chi connectivity index (χ2n) is 6.55. The quantitative estimate of drug-likeness (QED) is 0.835. The monoisotopic (exact) mass is 372 g/mol. The summed E-state index contributed by atoms with van der Waals surface area (Å²) < 4.78 is 0. The van der Waals surface area contributed by atoms with Gasteiger partial charge in [-0.1, -0.05) is 23.7 Å². The maximum absolute atomic E-state index is 12.4. The van der Waals surface area contributed by atoms with Crippen molar-refractivity contribution in [2.75, 3.05) is 18.4 Å². The zero-order valence-electron chi connectivity index (χ0n) is 14.3. The highest BCUT2D eigenvalue weighted by atomic mass is 35.5. The summed E-state index contributed by atoms with van der Waals surface area (Å²) in [5.41, 5.74) is 2.01. The average molecular weight is 373 g/mol. The van der Waals surface area contributed by atoms with E-state index in [2.05, 4.69) is 16.3 Å². The number of nitrogens with zero attached hydrogens (tertiary/aromatic N) is 1. The Balaban J connectivity index is 1.49. The number of nitrogens with one attached hydrogen (secondary N) is 1. The van der Waals surface area contributed by atoms with Crippen LogP contribution in [-0.4, -0.2) is 35.0 Å². The predicted molar refractivity (Wildman–Crippen MR) is 101 cm³/mol. The molecule has 0 atom stereocenters. The molecule has 0 bridgehead atoms. The molecule has 136 valence electrons. The van der Waals surface area contributed by atoms with Gasteiger partial charge in [-0.15, -0.1) is 0 Å². The number of halogens is 1. The number of carbonyl (C=O) groups is 2. The number of benzene rings is 2. The molecule has 3 rings (SSSR count). The lowest BCUT2D eigenvalue weighted by Crippen LogP contribution is -2.37. The number of anilines is 1. The summed E-state index contributed by atoms with van der Waals surface area (Å²) in [5.74, 6) is -1.00. The summed E-state index contributed by atoms with van der Waals surface area (Å²) in [7, 11) is 0. The second kappa shape index (κ2) is 8.34. The largest absolute Gasteiger partial charge is 0.478 e. The van der Waals surface area contributed by atoms with Crippen molar-refractivity contribution in [2.24, 2.45) is 5.92 Å². The molecule has 6 heteroatoms. The van der Waals surface area contributed by atoms with Crippen molar-refractivity contribution in [3.63, 3.8) is 0 Å². The maximum atomic E-state index is 12.4. The fourth-order valence-electron chi connectivity index (χ4n) is 3.19. The molecular formula is C20H21ClN2O3. The summed E-state index contributed by atoms with van der Waals surface area (Å²) >= 11 is 6.03.